The van der Waals surface area contributed by atoms with Crippen LogP contribution in [0.2, 0.25) is 10.0 Å². The van der Waals surface area contributed by atoms with E-state index in [1.807, 2.05) is 0 Å². The van der Waals surface area contributed by atoms with Crippen LogP contribution in [0, 0.1) is 11.6 Å². The zero-order valence-electron chi connectivity index (χ0n) is 20.0. The molecule has 2 heterocycles. The molecule has 2 N–H and O–H groups in total. The Kier molecular flexibility index (Phi) is 8.05. The van der Waals surface area contributed by atoms with Gasteiger partial charge in [0.2, 0.25) is 0 Å². The van der Waals surface area contributed by atoms with E-state index >= 15 is 4.39 Å². The fourth-order valence-electron chi connectivity index (χ4n) is 4.12. The van der Waals surface area contributed by atoms with E-state index in [1.165, 1.54) is 36.4 Å². The van der Waals surface area contributed by atoms with Crippen LogP contribution in [0.1, 0.15) is 30.9 Å². The summed E-state index contributed by atoms with van der Waals surface area (Å²) in [5.41, 5.74) is 4.68. The Hall–Kier alpha value is -3.47. The minimum atomic E-state index is -1.47. The summed E-state index contributed by atoms with van der Waals surface area (Å²) < 4.78 is 41.0. The molecule has 1 atom stereocenters. The van der Waals surface area contributed by atoms with Gasteiger partial charge in [-0.15, -0.1) is 11.3 Å². The number of hydrogen-bond donors (Lipinski definition) is 1. The van der Waals surface area contributed by atoms with Crippen molar-refractivity contribution >= 4 is 63.9 Å². The average Bonchev–Trinajstić information content (AvgIpc) is 3.17. The lowest BCUT2D eigenvalue weighted by atomic mass is 9.82. The van der Waals surface area contributed by atoms with Crippen LogP contribution in [-0.4, -0.2) is 29.7 Å². The van der Waals surface area contributed by atoms with Gasteiger partial charge >= 0.3 is 11.9 Å². The number of thiazole rings is 1. The van der Waals surface area contributed by atoms with E-state index in [-0.39, 0.29) is 54.7 Å². The molecule has 38 heavy (non-hydrogen) atoms. The van der Waals surface area contributed by atoms with Crippen LogP contribution in [0.5, 0.6) is 0 Å². The topological polar surface area (TPSA) is 101 Å². The second kappa shape index (κ2) is 11.1. The highest BCUT2D eigenvalue weighted by atomic mass is 35.5. The minimum Gasteiger partial charge on any atom is -0.463 e. The van der Waals surface area contributed by atoms with Gasteiger partial charge in [-0.3, -0.25) is 9.36 Å². The summed E-state index contributed by atoms with van der Waals surface area (Å²) in [5.74, 6) is -5.29. The highest BCUT2D eigenvalue weighted by Gasteiger charge is 2.42. The molecule has 12 heteroatoms. The van der Waals surface area contributed by atoms with E-state index < -0.39 is 40.9 Å². The van der Waals surface area contributed by atoms with Crippen LogP contribution >= 0.6 is 34.5 Å². The Morgan fingerprint density at radius 2 is 1.58 bits per heavy atom. The number of nitrogens with zero attached hydrogens (tertiary/aromatic N) is 1. The molecule has 0 saturated carbocycles. The van der Waals surface area contributed by atoms with Crippen molar-refractivity contribution in [1.82, 2.24) is 4.57 Å². The summed E-state index contributed by atoms with van der Waals surface area (Å²) >= 11 is 13.3. The van der Waals surface area contributed by atoms with Gasteiger partial charge in [0.15, 0.2) is 0 Å². The number of aromatic nitrogens is 1. The number of esters is 2. The molecule has 1 aliphatic rings. The summed E-state index contributed by atoms with van der Waals surface area (Å²) in [6, 6.07) is 7.87. The van der Waals surface area contributed by atoms with Crippen LogP contribution in [0.15, 0.2) is 46.8 Å². The number of benzene rings is 2. The third kappa shape index (κ3) is 4.75. The number of carbonyl (C=O) groups excluding carboxylic acids is 2. The monoisotopic (exact) mass is 580 g/mol. The lowest BCUT2D eigenvalue weighted by molar-refractivity contribution is -0.138. The third-order valence-corrected chi connectivity index (χ3v) is 7.47. The minimum absolute atomic E-state index is 0.0398. The molecule has 2 aromatic carbocycles. The number of ether oxygens (including phenoxy) is 2. The first kappa shape index (κ1) is 27.6. The summed E-state index contributed by atoms with van der Waals surface area (Å²) in [7, 11) is 0. The fraction of sp³-hybridized carbons (Fsp3) is 0.192. The molecule has 1 aliphatic heterocycles. The molecule has 198 valence electrons. The fourth-order valence-corrected chi connectivity index (χ4v) is 5.75. The van der Waals surface area contributed by atoms with E-state index in [4.69, 9.17) is 38.4 Å². The molecule has 0 saturated heterocycles. The van der Waals surface area contributed by atoms with Crippen LogP contribution in [0.3, 0.4) is 0 Å². The number of halogens is 4. The predicted octanol–water partition coefficient (Wildman–Crippen LogP) is 3.53. The molecule has 7 nitrogen and oxygen atoms in total. The van der Waals surface area contributed by atoms with Gasteiger partial charge in [-0.25, -0.2) is 18.4 Å². The Labute approximate surface area is 229 Å². The van der Waals surface area contributed by atoms with Crippen molar-refractivity contribution in [3.8, 4) is 0 Å². The average molecular weight is 581 g/mol. The van der Waals surface area contributed by atoms with Crippen molar-refractivity contribution in [2.45, 2.75) is 19.8 Å². The van der Waals surface area contributed by atoms with Crippen molar-refractivity contribution in [2.24, 2.45) is 5.73 Å². The number of fused-ring (bicyclic) bond motifs is 1. The largest absolute Gasteiger partial charge is 0.463 e. The second-order valence-corrected chi connectivity index (χ2v) is 9.76. The zero-order chi connectivity index (χ0) is 27.7. The molecule has 4 rings (SSSR count). The molecule has 0 bridgehead atoms. The van der Waals surface area contributed by atoms with Crippen LogP contribution in [0.25, 0.3) is 17.5 Å². The summed E-state index contributed by atoms with van der Waals surface area (Å²) in [6.07, 6.45) is 1.21. The molecule has 0 amide bonds. The lowest BCUT2D eigenvalue weighted by Gasteiger charge is -2.27. The number of carbonyl (C=O) groups is 2. The van der Waals surface area contributed by atoms with Gasteiger partial charge in [-0.1, -0.05) is 35.3 Å². The van der Waals surface area contributed by atoms with Gasteiger partial charge < -0.3 is 15.2 Å². The molecular weight excluding hydrogens is 561 g/mol. The molecule has 1 unspecified atom stereocenters. The van der Waals surface area contributed by atoms with E-state index in [0.29, 0.717) is 0 Å². The normalized spacial score (nSPS) is 15.5. The summed E-state index contributed by atoms with van der Waals surface area (Å²) in [4.78, 5) is 40.0. The van der Waals surface area contributed by atoms with Crippen LogP contribution in [-0.2, 0) is 19.1 Å². The smallest absolute Gasteiger partial charge is 0.338 e. The van der Waals surface area contributed by atoms with Crippen molar-refractivity contribution in [1.29, 1.82) is 0 Å². The SMILES string of the molecule is CCOC(=O)C1=C(N)n2c(s/c(=C\c3c(F)cccc3Cl)c2=O)=C(C(=O)OCC)C1c1c(F)cccc1Cl. The van der Waals surface area contributed by atoms with E-state index in [0.717, 1.165) is 22.0 Å². The van der Waals surface area contributed by atoms with Gasteiger partial charge in [0, 0.05) is 16.1 Å². The van der Waals surface area contributed by atoms with Gasteiger partial charge in [-0.05, 0) is 44.2 Å². The first-order valence-corrected chi connectivity index (χ1v) is 12.9. The first-order chi connectivity index (χ1) is 18.1. The maximum absolute atomic E-state index is 15.3. The van der Waals surface area contributed by atoms with Crippen molar-refractivity contribution in [3.05, 3.63) is 94.3 Å². The molecule has 0 spiro atoms. The van der Waals surface area contributed by atoms with Crippen molar-refractivity contribution < 1.29 is 27.8 Å². The molecular formula is C26H20Cl2F2N2O5S. The molecule has 1 aromatic heterocycles. The highest BCUT2D eigenvalue weighted by molar-refractivity contribution is 7.07. The predicted molar refractivity (Wildman–Crippen MR) is 141 cm³/mol. The van der Waals surface area contributed by atoms with Crippen LogP contribution < -0.4 is 20.5 Å². The molecule has 3 aromatic rings. The third-order valence-electron chi connectivity index (χ3n) is 5.70. The number of nitrogens with two attached hydrogens (primary N) is 1. The lowest BCUT2D eigenvalue weighted by Crippen LogP contribution is -2.42. The van der Waals surface area contributed by atoms with Gasteiger partial charge in [0.1, 0.15) is 22.1 Å². The van der Waals surface area contributed by atoms with Gasteiger partial charge in [0.25, 0.3) is 5.56 Å². The Balaban J connectivity index is 2.20. The van der Waals surface area contributed by atoms with E-state index in [9.17, 15) is 18.8 Å². The maximum Gasteiger partial charge on any atom is 0.338 e. The van der Waals surface area contributed by atoms with Gasteiger partial charge in [-0.2, -0.15) is 0 Å². The van der Waals surface area contributed by atoms with Crippen molar-refractivity contribution in [3.63, 3.8) is 0 Å². The van der Waals surface area contributed by atoms with Crippen molar-refractivity contribution in [2.75, 3.05) is 13.2 Å². The Morgan fingerprint density at radius 3 is 2.16 bits per heavy atom. The quantitative estimate of drug-likeness (QED) is 0.448. The maximum atomic E-state index is 15.3. The summed E-state index contributed by atoms with van der Waals surface area (Å²) in [5, 5.41) is -0.0502. The van der Waals surface area contributed by atoms with E-state index in [2.05, 4.69) is 0 Å². The highest BCUT2D eigenvalue weighted by Crippen LogP contribution is 2.41. The molecule has 0 radical (unpaired) electrons. The summed E-state index contributed by atoms with van der Waals surface area (Å²) in [6.45, 7) is 2.97. The number of hydrogen-bond acceptors (Lipinski definition) is 7. The second-order valence-electron chi connectivity index (χ2n) is 7.91. The number of rotatable bonds is 6. The molecule has 0 fully saturated rings. The van der Waals surface area contributed by atoms with Gasteiger partial charge in [0.05, 0.1) is 39.8 Å². The van der Waals surface area contributed by atoms with E-state index in [1.54, 1.807) is 13.8 Å². The Bertz CT molecular complexity index is 1640. The Morgan fingerprint density at radius 1 is 1.00 bits per heavy atom. The molecule has 0 aliphatic carbocycles. The van der Waals surface area contributed by atoms with Crippen LogP contribution in [0.4, 0.5) is 8.78 Å². The first-order valence-electron chi connectivity index (χ1n) is 11.3. The zero-order valence-corrected chi connectivity index (χ0v) is 22.3. The standard InChI is InChI=1S/C26H20Cl2F2N2O5S/c1-3-36-25(34)20-19(18-14(28)8-6-10-16(18)30)21(26(35)37-4-2)24-32(22(20)31)23(33)17(38-24)11-12-13(27)7-5-9-15(12)29/h5-11,19H,3-4,31H2,1-2H3/b17-11-.